The average Bonchev–Trinajstić information content (AvgIpc) is 3.15. The Labute approximate surface area is 167 Å². The van der Waals surface area contributed by atoms with Gasteiger partial charge in [-0.2, -0.15) is 0 Å². The standard InChI is InChI=1S/C21H21N5O3/c27-19(15-6-7-17-18(8-15)24-25-23-17)22-16-9-21(10-16)12-26(13-21)20(28)29-11-14-4-2-1-3-5-14/h1-8,16H,9-13H2,(H,22,27)(H,23,24,25). The smallest absolute Gasteiger partial charge is 0.410 e. The van der Waals surface area contributed by atoms with E-state index in [4.69, 9.17) is 4.74 Å². The van der Waals surface area contributed by atoms with E-state index in [0.29, 0.717) is 24.2 Å². The minimum atomic E-state index is -0.270. The Morgan fingerprint density at radius 1 is 1.17 bits per heavy atom. The zero-order chi connectivity index (χ0) is 19.8. The predicted molar refractivity (Wildman–Crippen MR) is 105 cm³/mol. The van der Waals surface area contributed by atoms with E-state index >= 15 is 0 Å². The fourth-order valence-electron chi connectivity index (χ4n) is 4.30. The molecule has 29 heavy (non-hydrogen) atoms. The summed E-state index contributed by atoms with van der Waals surface area (Å²) in [6.07, 6.45) is 1.49. The number of aromatic amines is 1. The first kappa shape index (κ1) is 17.7. The van der Waals surface area contributed by atoms with E-state index in [2.05, 4.69) is 20.7 Å². The van der Waals surface area contributed by atoms with Crippen LogP contribution in [0, 0.1) is 5.41 Å². The minimum Gasteiger partial charge on any atom is -0.445 e. The number of benzene rings is 2. The summed E-state index contributed by atoms with van der Waals surface area (Å²) in [6.45, 7) is 1.67. The zero-order valence-corrected chi connectivity index (χ0v) is 15.8. The largest absolute Gasteiger partial charge is 0.445 e. The van der Waals surface area contributed by atoms with Gasteiger partial charge in [0.25, 0.3) is 5.91 Å². The van der Waals surface area contributed by atoms with Gasteiger partial charge in [-0.25, -0.2) is 4.79 Å². The fraction of sp³-hybridized carbons (Fsp3) is 0.333. The van der Waals surface area contributed by atoms with Crippen molar-refractivity contribution in [1.29, 1.82) is 0 Å². The van der Waals surface area contributed by atoms with Crippen molar-refractivity contribution >= 4 is 23.0 Å². The van der Waals surface area contributed by atoms with E-state index in [1.54, 1.807) is 23.1 Å². The molecule has 1 saturated heterocycles. The topological polar surface area (TPSA) is 100 Å². The number of hydrogen-bond donors (Lipinski definition) is 2. The third-order valence-corrected chi connectivity index (χ3v) is 5.80. The summed E-state index contributed by atoms with van der Waals surface area (Å²) >= 11 is 0. The molecule has 5 rings (SSSR count). The molecule has 0 bridgehead atoms. The van der Waals surface area contributed by atoms with Crippen molar-refractivity contribution in [2.24, 2.45) is 5.41 Å². The Balaban J connectivity index is 1.07. The van der Waals surface area contributed by atoms with Gasteiger partial charge in [0.2, 0.25) is 0 Å². The molecule has 1 aromatic heterocycles. The Kier molecular flexibility index (Phi) is 4.19. The molecule has 1 spiro atoms. The van der Waals surface area contributed by atoms with Gasteiger partial charge in [-0.05, 0) is 36.6 Å². The van der Waals surface area contributed by atoms with Crippen LogP contribution in [0.4, 0.5) is 4.79 Å². The predicted octanol–water partition coefficient (Wildman–Crippen LogP) is 2.49. The normalized spacial score (nSPS) is 17.6. The van der Waals surface area contributed by atoms with E-state index in [0.717, 1.165) is 23.9 Å². The first-order valence-electron chi connectivity index (χ1n) is 9.68. The molecule has 0 atom stereocenters. The number of carbonyl (C=O) groups is 2. The molecule has 148 valence electrons. The van der Waals surface area contributed by atoms with Crippen molar-refractivity contribution in [3.63, 3.8) is 0 Å². The summed E-state index contributed by atoms with van der Waals surface area (Å²) in [6, 6.07) is 15.1. The maximum atomic E-state index is 12.5. The van der Waals surface area contributed by atoms with Gasteiger partial charge in [-0.15, -0.1) is 5.10 Å². The Morgan fingerprint density at radius 3 is 2.76 bits per heavy atom. The van der Waals surface area contributed by atoms with Crippen molar-refractivity contribution in [3.05, 3.63) is 59.7 Å². The quantitative estimate of drug-likeness (QED) is 0.712. The number of aromatic nitrogens is 3. The summed E-state index contributed by atoms with van der Waals surface area (Å²) in [5.41, 5.74) is 3.15. The lowest BCUT2D eigenvalue weighted by Gasteiger charge is -2.58. The van der Waals surface area contributed by atoms with Gasteiger partial charge in [0.15, 0.2) is 0 Å². The van der Waals surface area contributed by atoms with Crippen LogP contribution in [-0.2, 0) is 11.3 Å². The van der Waals surface area contributed by atoms with Crippen LogP contribution < -0.4 is 5.32 Å². The Bertz CT molecular complexity index is 1050. The van der Waals surface area contributed by atoms with Crippen LogP contribution in [0.5, 0.6) is 0 Å². The molecule has 1 saturated carbocycles. The lowest BCUT2D eigenvalue weighted by molar-refractivity contribution is -0.0693. The third-order valence-electron chi connectivity index (χ3n) is 5.80. The molecule has 2 heterocycles. The molecule has 2 amide bonds. The summed E-state index contributed by atoms with van der Waals surface area (Å²) < 4.78 is 5.38. The summed E-state index contributed by atoms with van der Waals surface area (Å²) in [4.78, 5) is 26.4. The van der Waals surface area contributed by atoms with Crippen molar-refractivity contribution in [2.75, 3.05) is 13.1 Å². The molecular weight excluding hydrogens is 370 g/mol. The number of H-pyrrole nitrogens is 1. The number of carbonyl (C=O) groups excluding carboxylic acids is 2. The van der Waals surface area contributed by atoms with E-state index < -0.39 is 0 Å². The molecule has 0 unspecified atom stereocenters. The fourth-order valence-corrected chi connectivity index (χ4v) is 4.30. The van der Waals surface area contributed by atoms with Crippen molar-refractivity contribution in [1.82, 2.24) is 25.6 Å². The number of ether oxygens (including phenoxy) is 1. The maximum absolute atomic E-state index is 12.5. The molecule has 8 nitrogen and oxygen atoms in total. The van der Waals surface area contributed by atoms with Crippen LogP contribution in [0.15, 0.2) is 48.5 Å². The molecule has 2 N–H and O–H groups in total. The van der Waals surface area contributed by atoms with E-state index in [9.17, 15) is 9.59 Å². The monoisotopic (exact) mass is 391 g/mol. The first-order valence-corrected chi connectivity index (χ1v) is 9.68. The van der Waals surface area contributed by atoms with Crippen molar-refractivity contribution in [3.8, 4) is 0 Å². The first-order chi connectivity index (χ1) is 14.1. The van der Waals surface area contributed by atoms with Gasteiger partial charge < -0.3 is 15.0 Å². The number of fused-ring (bicyclic) bond motifs is 1. The van der Waals surface area contributed by atoms with Gasteiger partial charge in [0.05, 0.1) is 5.52 Å². The number of nitrogens with zero attached hydrogens (tertiary/aromatic N) is 3. The molecule has 8 heteroatoms. The lowest BCUT2D eigenvalue weighted by atomic mass is 9.61. The van der Waals surface area contributed by atoms with E-state index in [1.165, 1.54) is 0 Å². The lowest BCUT2D eigenvalue weighted by Crippen LogP contribution is -2.67. The van der Waals surface area contributed by atoms with Crippen LogP contribution in [-0.4, -0.2) is 51.4 Å². The summed E-state index contributed by atoms with van der Waals surface area (Å²) in [7, 11) is 0. The number of likely N-dealkylation sites (tertiary alicyclic amines) is 1. The third kappa shape index (κ3) is 3.41. The highest BCUT2D eigenvalue weighted by Crippen LogP contribution is 2.48. The Hall–Kier alpha value is -3.42. The van der Waals surface area contributed by atoms with Gasteiger partial charge in [0, 0.05) is 30.1 Å². The van der Waals surface area contributed by atoms with Crippen LogP contribution >= 0.6 is 0 Å². The van der Waals surface area contributed by atoms with Crippen LogP contribution in [0.25, 0.3) is 11.0 Å². The van der Waals surface area contributed by atoms with Gasteiger partial charge in [0.1, 0.15) is 12.1 Å². The van der Waals surface area contributed by atoms with Gasteiger partial charge in [-0.3, -0.25) is 9.89 Å². The molecule has 3 aromatic rings. The zero-order valence-electron chi connectivity index (χ0n) is 15.8. The second kappa shape index (κ2) is 6.88. The van der Waals surface area contributed by atoms with Gasteiger partial charge in [-0.1, -0.05) is 35.5 Å². The van der Waals surface area contributed by atoms with Crippen LogP contribution in [0.1, 0.15) is 28.8 Å². The Morgan fingerprint density at radius 2 is 1.97 bits per heavy atom. The summed E-state index contributed by atoms with van der Waals surface area (Å²) in [5.74, 6) is -0.104. The highest BCUT2D eigenvalue weighted by Gasteiger charge is 2.54. The highest BCUT2D eigenvalue weighted by atomic mass is 16.6. The summed E-state index contributed by atoms with van der Waals surface area (Å²) in [5, 5.41) is 13.5. The second-order valence-corrected chi connectivity index (χ2v) is 8.02. The van der Waals surface area contributed by atoms with E-state index in [-0.39, 0.29) is 30.1 Å². The molecule has 2 aliphatic rings. The van der Waals surface area contributed by atoms with Crippen molar-refractivity contribution < 1.29 is 14.3 Å². The number of amides is 2. The molecule has 2 fully saturated rings. The molecule has 1 aliphatic heterocycles. The van der Waals surface area contributed by atoms with E-state index in [1.807, 2.05) is 30.3 Å². The second-order valence-electron chi connectivity index (χ2n) is 8.02. The number of rotatable bonds is 4. The molecular formula is C21H21N5O3. The SMILES string of the molecule is O=C(NC1CC2(C1)CN(C(=O)OCc1ccccc1)C2)c1ccc2[nH]nnc2c1. The van der Waals surface area contributed by atoms with Crippen molar-refractivity contribution in [2.45, 2.75) is 25.5 Å². The molecule has 1 aliphatic carbocycles. The molecule has 2 aromatic carbocycles. The van der Waals surface area contributed by atoms with Gasteiger partial charge >= 0.3 is 6.09 Å². The maximum Gasteiger partial charge on any atom is 0.410 e. The minimum absolute atomic E-state index is 0.104. The molecule has 0 radical (unpaired) electrons. The van der Waals surface area contributed by atoms with Crippen LogP contribution in [0.3, 0.4) is 0 Å². The average molecular weight is 391 g/mol. The van der Waals surface area contributed by atoms with Crippen LogP contribution in [0.2, 0.25) is 0 Å². The highest BCUT2D eigenvalue weighted by molar-refractivity contribution is 5.97. The number of nitrogens with one attached hydrogen (secondary N) is 2. The number of hydrogen-bond acceptors (Lipinski definition) is 5.